The highest BCUT2D eigenvalue weighted by Crippen LogP contribution is 2.20. The summed E-state index contributed by atoms with van der Waals surface area (Å²) in [6.07, 6.45) is 4.79. The van der Waals surface area contributed by atoms with Gasteiger partial charge in [0, 0.05) is 6.42 Å². The molecule has 5 nitrogen and oxygen atoms in total. The van der Waals surface area contributed by atoms with Crippen molar-refractivity contribution in [3.63, 3.8) is 0 Å². The fourth-order valence-electron chi connectivity index (χ4n) is 2.81. The van der Waals surface area contributed by atoms with E-state index in [1.807, 2.05) is 34.9 Å². The van der Waals surface area contributed by atoms with E-state index in [2.05, 4.69) is 53.4 Å². The average Bonchev–Trinajstić information content (AvgIpc) is 3.25. The first kappa shape index (κ1) is 17.4. The molecular weight excluding hydrogens is 356 g/mol. The summed E-state index contributed by atoms with van der Waals surface area (Å²) in [6, 6.07) is 14.4. The van der Waals surface area contributed by atoms with E-state index in [-0.39, 0.29) is 0 Å². The summed E-state index contributed by atoms with van der Waals surface area (Å²) >= 11 is 1.53. The molecule has 0 spiro atoms. The Labute approximate surface area is 162 Å². The van der Waals surface area contributed by atoms with E-state index >= 15 is 0 Å². The molecule has 0 fully saturated rings. The van der Waals surface area contributed by atoms with Crippen LogP contribution >= 0.6 is 11.3 Å². The van der Waals surface area contributed by atoms with Crippen LogP contribution in [0.1, 0.15) is 33.1 Å². The maximum atomic E-state index is 5.20. The minimum atomic E-state index is 0.676. The SMILES string of the molecule is COc1ccc(Cc2nnc3sc(C=Cc4ccc(C)c(C)c4)nn23)cc1. The van der Waals surface area contributed by atoms with E-state index < -0.39 is 0 Å². The molecule has 0 unspecified atom stereocenters. The Morgan fingerprint density at radius 2 is 1.81 bits per heavy atom. The van der Waals surface area contributed by atoms with E-state index in [1.54, 1.807) is 7.11 Å². The summed E-state index contributed by atoms with van der Waals surface area (Å²) in [6.45, 7) is 4.25. The molecule has 0 N–H and O–H groups in total. The minimum Gasteiger partial charge on any atom is -0.497 e. The lowest BCUT2D eigenvalue weighted by molar-refractivity contribution is 0.414. The zero-order valence-corrected chi connectivity index (χ0v) is 16.3. The van der Waals surface area contributed by atoms with Crippen molar-refractivity contribution in [1.82, 2.24) is 19.8 Å². The van der Waals surface area contributed by atoms with Gasteiger partial charge in [-0.1, -0.05) is 47.7 Å². The van der Waals surface area contributed by atoms with Crippen LogP contribution in [0.5, 0.6) is 5.75 Å². The van der Waals surface area contributed by atoms with Gasteiger partial charge in [0.2, 0.25) is 4.96 Å². The summed E-state index contributed by atoms with van der Waals surface area (Å²) < 4.78 is 7.03. The number of hydrogen-bond donors (Lipinski definition) is 0. The van der Waals surface area contributed by atoms with Gasteiger partial charge in [0.1, 0.15) is 10.8 Å². The Hall–Kier alpha value is -2.99. The lowest BCUT2D eigenvalue weighted by Crippen LogP contribution is -1.97. The van der Waals surface area contributed by atoms with Crippen LogP contribution in [0.15, 0.2) is 42.5 Å². The van der Waals surface area contributed by atoms with Gasteiger partial charge in [-0.2, -0.15) is 9.61 Å². The molecule has 0 saturated carbocycles. The molecule has 0 amide bonds. The number of aryl methyl sites for hydroxylation is 2. The predicted molar refractivity (Wildman–Crippen MR) is 109 cm³/mol. The predicted octanol–water partition coefficient (Wildman–Crippen LogP) is 4.57. The van der Waals surface area contributed by atoms with E-state index in [0.717, 1.165) is 27.1 Å². The van der Waals surface area contributed by atoms with Crippen molar-refractivity contribution in [3.8, 4) is 5.75 Å². The van der Waals surface area contributed by atoms with E-state index in [0.29, 0.717) is 6.42 Å². The summed E-state index contributed by atoms with van der Waals surface area (Å²) in [4.78, 5) is 0.804. The molecule has 2 heterocycles. The van der Waals surface area contributed by atoms with Crippen LogP contribution in [0.4, 0.5) is 0 Å². The van der Waals surface area contributed by atoms with Crippen molar-refractivity contribution in [1.29, 1.82) is 0 Å². The Bertz CT molecular complexity index is 1110. The molecule has 0 aliphatic carbocycles. The van der Waals surface area contributed by atoms with Gasteiger partial charge in [-0.15, -0.1) is 10.2 Å². The molecule has 136 valence electrons. The normalized spacial score (nSPS) is 11.5. The quantitative estimate of drug-likeness (QED) is 0.512. The topological polar surface area (TPSA) is 52.3 Å². The average molecular weight is 376 g/mol. The highest BCUT2D eigenvalue weighted by Gasteiger charge is 2.11. The van der Waals surface area contributed by atoms with E-state index in [1.165, 1.54) is 28.0 Å². The minimum absolute atomic E-state index is 0.676. The Balaban J connectivity index is 1.55. The first-order valence-corrected chi connectivity index (χ1v) is 9.53. The number of fused-ring (bicyclic) bond motifs is 1. The first-order chi connectivity index (χ1) is 13.1. The van der Waals surface area contributed by atoms with Crippen LogP contribution in [-0.2, 0) is 6.42 Å². The van der Waals surface area contributed by atoms with Crippen LogP contribution in [0, 0.1) is 13.8 Å². The van der Waals surface area contributed by atoms with Crippen LogP contribution in [0.25, 0.3) is 17.1 Å². The van der Waals surface area contributed by atoms with Crippen molar-refractivity contribution in [2.24, 2.45) is 0 Å². The van der Waals surface area contributed by atoms with Crippen molar-refractivity contribution in [2.75, 3.05) is 7.11 Å². The van der Waals surface area contributed by atoms with Crippen molar-refractivity contribution >= 4 is 28.4 Å². The highest BCUT2D eigenvalue weighted by molar-refractivity contribution is 7.17. The highest BCUT2D eigenvalue weighted by atomic mass is 32.1. The zero-order valence-electron chi connectivity index (χ0n) is 15.5. The summed E-state index contributed by atoms with van der Waals surface area (Å²) in [5.74, 6) is 1.68. The summed E-state index contributed by atoms with van der Waals surface area (Å²) in [5.41, 5.74) is 4.90. The van der Waals surface area contributed by atoms with Crippen LogP contribution in [-0.4, -0.2) is 26.9 Å². The molecule has 6 heteroatoms. The van der Waals surface area contributed by atoms with Crippen LogP contribution < -0.4 is 4.74 Å². The fourth-order valence-corrected chi connectivity index (χ4v) is 3.57. The van der Waals surface area contributed by atoms with Gasteiger partial charge >= 0.3 is 0 Å². The van der Waals surface area contributed by atoms with E-state index in [4.69, 9.17) is 4.74 Å². The van der Waals surface area contributed by atoms with Gasteiger partial charge in [-0.3, -0.25) is 0 Å². The molecule has 0 aliphatic rings. The number of nitrogens with zero attached hydrogens (tertiary/aromatic N) is 4. The molecule has 0 saturated heterocycles. The third-order valence-corrected chi connectivity index (χ3v) is 5.41. The third-order valence-electron chi connectivity index (χ3n) is 4.54. The number of hydrogen-bond acceptors (Lipinski definition) is 5. The van der Waals surface area contributed by atoms with Gasteiger partial charge in [0.15, 0.2) is 5.82 Å². The van der Waals surface area contributed by atoms with Crippen molar-refractivity contribution in [3.05, 3.63) is 75.6 Å². The zero-order chi connectivity index (χ0) is 18.8. The van der Waals surface area contributed by atoms with Crippen molar-refractivity contribution < 1.29 is 4.74 Å². The molecular formula is C21H20N4OS. The molecule has 0 bridgehead atoms. The fraction of sp³-hybridized carbons (Fsp3) is 0.190. The molecule has 0 aliphatic heterocycles. The molecule has 4 rings (SSSR count). The lowest BCUT2D eigenvalue weighted by Gasteiger charge is -2.01. The largest absolute Gasteiger partial charge is 0.497 e. The standard InChI is InChI=1S/C21H20N4OS/c1-14-4-5-16(12-15(14)2)8-11-20-24-25-19(22-23-21(25)27-20)13-17-6-9-18(26-3)10-7-17/h4-12H,13H2,1-3H3. The van der Waals surface area contributed by atoms with Gasteiger partial charge < -0.3 is 4.74 Å². The van der Waals surface area contributed by atoms with Crippen LogP contribution in [0.2, 0.25) is 0 Å². The maximum Gasteiger partial charge on any atom is 0.234 e. The second kappa shape index (κ2) is 7.32. The van der Waals surface area contributed by atoms with Crippen LogP contribution in [0.3, 0.4) is 0 Å². The molecule has 4 aromatic rings. The Morgan fingerprint density at radius 1 is 1.00 bits per heavy atom. The van der Waals surface area contributed by atoms with Gasteiger partial charge in [0.05, 0.1) is 7.11 Å². The first-order valence-electron chi connectivity index (χ1n) is 8.72. The second-order valence-electron chi connectivity index (χ2n) is 6.45. The van der Waals surface area contributed by atoms with Gasteiger partial charge in [0.25, 0.3) is 0 Å². The lowest BCUT2D eigenvalue weighted by atomic mass is 10.1. The molecule has 2 aromatic carbocycles. The number of benzene rings is 2. The van der Waals surface area contributed by atoms with Gasteiger partial charge in [-0.05, 0) is 54.3 Å². The second-order valence-corrected chi connectivity index (χ2v) is 7.44. The summed E-state index contributed by atoms with van der Waals surface area (Å²) in [7, 11) is 1.67. The Kier molecular flexibility index (Phi) is 4.73. The third kappa shape index (κ3) is 3.75. The summed E-state index contributed by atoms with van der Waals surface area (Å²) in [5, 5.41) is 14.1. The molecule has 0 radical (unpaired) electrons. The number of methoxy groups -OCH3 is 1. The monoisotopic (exact) mass is 376 g/mol. The number of rotatable bonds is 5. The number of ether oxygens (including phenoxy) is 1. The van der Waals surface area contributed by atoms with Crippen molar-refractivity contribution in [2.45, 2.75) is 20.3 Å². The number of aromatic nitrogens is 4. The smallest absolute Gasteiger partial charge is 0.234 e. The molecule has 0 atom stereocenters. The Morgan fingerprint density at radius 3 is 2.56 bits per heavy atom. The maximum absolute atomic E-state index is 5.20. The van der Waals surface area contributed by atoms with Gasteiger partial charge in [-0.25, -0.2) is 0 Å². The van der Waals surface area contributed by atoms with E-state index in [9.17, 15) is 0 Å². The molecule has 2 aromatic heterocycles. The molecule has 27 heavy (non-hydrogen) atoms.